The summed E-state index contributed by atoms with van der Waals surface area (Å²) in [6.45, 7) is 2.09. The molecule has 0 spiro atoms. The highest BCUT2D eigenvalue weighted by atomic mass is 32.2. The monoisotopic (exact) mass is 524 g/mol. The highest BCUT2D eigenvalue weighted by Gasteiger charge is 2.18. The molecule has 4 rings (SSSR count). The number of aryl methyl sites for hydroxylation is 1. The molecule has 0 atom stereocenters. The van der Waals surface area contributed by atoms with Crippen molar-refractivity contribution in [1.82, 2.24) is 10.2 Å². The number of hydrogen-bond donors (Lipinski definition) is 1. The van der Waals surface area contributed by atoms with Crippen molar-refractivity contribution >= 4 is 49.8 Å². The number of benzene rings is 3. The van der Waals surface area contributed by atoms with Gasteiger partial charge in [-0.25, -0.2) is 8.42 Å². The Morgan fingerprint density at radius 2 is 1.71 bits per heavy atom. The van der Waals surface area contributed by atoms with Crippen LogP contribution in [0.2, 0.25) is 0 Å². The van der Waals surface area contributed by atoms with E-state index in [2.05, 4.69) is 27.6 Å². The molecule has 1 amide bonds. The largest absolute Gasteiger partial charge is 0.296 e. The van der Waals surface area contributed by atoms with Crippen molar-refractivity contribution in [2.45, 2.75) is 23.6 Å². The fraction of sp³-hybridized carbons (Fsp3) is 0.160. The molecule has 4 aromatic rings. The SMILES string of the molecule is Cc1cccc(N(Cc2ccc(C(=O)Nc3nnc(SCc4ccccc4)s3)cc2)S(C)(=O)=O)c1. The fourth-order valence-electron chi connectivity index (χ4n) is 3.32. The molecular weight excluding hydrogens is 501 g/mol. The van der Waals surface area contributed by atoms with E-state index in [1.807, 2.05) is 43.3 Å². The van der Waals surface area contributed by atoms with Crippen LogP contribution in [0, 0.1) is 6.92 Å². The van der Waals surface area contributed by atoms with Gasteiger partial charge < -0.3 is 0 Å². The van der Waals surface area contributed by atoms with Crippen molar-refractivity contribution < 1.29 is 13.2 Å². The van der Waals surface area contributed by atoms with Gasteiger partial charge in [-0.05, 0) is 47.9 Å². The maximum Gasteiger partial charge on any atom is 0.257 e. The van der Waals surface area contributed by atoms with Crippen LogP contribution in [0.3, 0.4) is 0 Å². The number of nitrogens with zero attached hydrogens (tertiary/aromatic N) is 3. The van der Waals surface area contributed by atoms with E-state index < -0.39 is 10.0 Å². The summed E-state index contributed by atoms with van der Waals surface area (Å²) >= 11 is 2.89. The van der Waals surface area contributed by atoms with Crippen LogP contribution in [-0.2, 0) is 22.3 Å². The van der Waals surface area contributed by atoms with Crippen LogP contribution in [0.1, 0.15) is 27.0 Å². The Labute approximate surface area is 213 Å². The molecule has 0 radical (unpaired) electrons. The third-order valence-electron chi connectivity index (χ3n) is 5.06. The standard InChI is InChI=1S/C25H24N4O3S3/c1-18-7-6-10-22(15-18)29(35(2,31)32)16-19-11-13-21(14-12-19)23(30)26-24-27-28-25(34-24)33-17-20-8-4-3-5-9-20/h3-15H,16-17H2,1-2H3,(H,26,27,30). The zero-order valence-corrected chi connectivity index (χ0v) is 21.7. The minimum Gasteiger partial charge on any atom is -0.296 e. The Morgan fingerprint density at radius 3 is 2.40 bits per heavy atom. The molecule has 3 aromatic carbocycles. The van der Waals surface area contributed by atoms with Crippen LogP contribution in [0.25, 0.3) is 0 Å². The van der Waals surface area contributed by atoms with E-state index in [9.17, 15) is 13.2 Å². The topological polar surface area (TPSA) is 92.3 Å². The molecule has 1 aromatic heterocycles. The Morgan fingerprint density at radius 1 is 0.971 bits per heavy atom. The van der Waals surface area contributed by atoms with Crippen molar-refractivity contribution in [2.24, 2.45) is 0 Å². The summed E-state index contributed by atoms with van der Waals surface area (Å²) in [5.41, 5.74) is 3.98. The number of anilines is 2. The number of nitrogens with one attached hydrogen (secondary N) is 1. The molecule has 1 heterocycles. The molecule has 10 heteroatoms. The van der Waals surface area contributed by atoms with Gasteiger partial charge in [0.05, 0.1) is 18.5 Å². The number of carbonyl (C=O) groups excluding carboxylic acids is 1. The van der Waals surface area contributed by atoms with Gasteiger partial charge in [0.25, 0.3) is 5.91 Å². The highest BCUT2D eigenvalue weighted by Crippen LogP contribution is 2.28. The molecule has 0 aliphatic carbocycles. The molecule has 0 aliphatic rings. The van der Waals surface area contributed by atoms with Crippen molar-refractivity contribution in [2.75, 3.05) is 15.9 Å². The predicted octanol–water partition coefficient (Wildman–Crippen LogP) is 5.36. The van der Waals surface area contributed by atoms with Crippen molar-refractivity contribution in [3.8, 4) is 0 Å². The second kappa shape index (κ2) is 11.0. The average Bonchev–Trinajstić information content (AvgIpc) is 3.28. The van der Waals surface area contributed by atoms with Gasteiger partial charge in [0.1, 0.15) is 0 Å². The van der Waals surface area contributed by atoms with E-state index in [-0.39, 0.29) is 12.5 Å². The molecule has 0 saturated carbocycles. The van der Waals surface area contributed by atoms with Crippen LogP contribution in [-0.4, -0.2) is 30.8 Å². The second-order valence-corrected chi connectivity index (χ2v) is 12.0. The van der Waals surface area contributed by atoms with Crippen molar-refractivity contribution in [1.29, 1.82) is 0 Å². The van der Waals surface area contributed by atoms with Gasteiger partial charge in [0, 0.05) is 11.3 Å². The first kappa shape index (κ1) is 24.9. The van der Waals surface area contributed by atoms with Crippen molar-refractivity contribution in [3.63, 3.8) is 0 Å². The summed E-state index contributed by atoms with van der Waals surface area (Å²) < 4.78 is 26.9. The van der Waals surface area contributed by atoms with Crippen LogP contribution in [0.15, 0.2) is 83.2 Å². The minimum atomic E-state index is -3.48. The number of carbonyl (C=O) groups is 1. The molecule has 7 nitrogen and oxygen atoms in total. The molecule has 0 bridgehead atoms. The minimum absolute atomic E-state index is 0.169. The quantitative estimate of drug-likeness (QED) is 0.234. The van der Waals surface area contributed by atoms with E-state index in [0.717, 1.165) is 21.2 Å². The van der Waals surface area contributed by atoms with Gasteiger partial charge in [-0.15, -0.1) is 10.2 Å². The number of thioether (sulfide) groups is 1. The third-order valence-corrected chi connectivity index (χ3v) is 8.25. The molecule has 180 valence electrons. The first-order chi connectivity index (χ1) is 16.8. The lowest BCUT2D eigenvalue weighted by molar-refractivity contribution is 0.102. The summed E-state index contributed by atoms with van der Waals surface area (Å²) in [4.78, 5) is 12.7. The van der Waals surface area contributed by atoms with Gasteiger partial charge in [0.15, 0.2) is 4.34 Å². The van der Waals surface area contributed by atoms with Gasteiger partial charge in [-0.3, -0.25) is 14.4 Å². The van der Waals surface area contributed by atoms with Gasteiger partial charge in [0.2, 0.25) is 15.2 Å². The van der Waals surface area contributed by atoms with Crippen LogP contribution < -0.4 is 9.62 Å². The lowest BCUT2D eigenvalue weighted by Crippen LogP contribution is -2.29. The van der Waals surface area contributed by atoms with E-state index in [1.54, 1.807) is 42.1 Å². The smallest absolute Gasteiger partial charge is 0.257 e. The normalized spacial score (nSPS) is 11.3. The summed E-state index contributed by atoms with van der Waals surface area (Å²) in [5.74, 6) is 0.476. The number of amides is 1. The molecule has 0 aliphatic heterocycles. The third kappa shape index (κ3) is 6.91. The van der Waals surface area contributed by atoms with Gasteiger partial charge in [-0.1, -0.05) is 77.7 Å². The van der Waals surface area contributed by atoms with E-state index in [0.29, 0.717) is 16.4 Å². The van der Waals surface area contributed by atoms with Gasteiger partial charge >= 0.3 is 0 Å². The maximum absolute atomic E-state index is 12.7. The van der Waals surface area contributed by atoms with E-state index in [1.165, 1.54) is 27.5 Å². The first-order valence-corrected chi connectivity index (χ1v) is 14.4. The number of sulfonamides is 1. The maximum atomic E-state index is 12.7. The Bertz CT molecular complexity index is 1410. The zero-order valence-electron chi connectivity index (χ0n) is 19.2. The first-order valence-electron chi connectivity index (χ1n) is 10.7. The lowest BCUT2D eigenvalue weighted by Gasteiger charge is -2.23. The fourth-order valence-corrected chi connectivity index (χ4v) is 5.90. The number of rotatable bonds is 9. The van der Waals surface area contributed by atoms with E-state index in [4.69, 9.17) is 0 Å². The average molecular weight is 525 g/mol. The Kier molecular flexibility index (Phi) is 7.84. The summed E-state index contributed by atoms with van der Waals surface area (Å²) in [7, 11) is -3.48. The van der Waals surface area contributed by atoms with Crippen LogP contribution in [0.5, 0.6) is 0 Å². The molecule has 0 unspecified atom stereocenters. The predicted molar refractivity (Wildman–Crippen MR) is 143 cm³/mol. The second-order valence-electron chi connectivity index (χ2n) is 7.91. The molecule has 0 fully saturated rings. The molecular formula is C25H24N4O3S3. The van der Waals surface area contributed by atoms with Crippen molar-refractivity contribution in [3.05, 3.63) is 101 Å². The highest BCUT2D eigenvalue weighted by molar-refractivity contribution is 8.00. The van der Waals surface area contributed by atoms with E-state index >= 15 is 0 Å². The molecule has 35 heavy (non-hydrogen) atoms. The zero-order chi connectivity index (χ0) is 24.8. The molecule has 0 saturated heterocycles. The summed E-state index contributed by atoms with van der Waals surface area (Å²) in [5, 5.41) is 11.4. The number of aromatic nitrogens is 2. The lowest BCUT2D eigenvalue weighted by atomic mass is 10.1. The Hall–Kier alpha value is -3.21. The Balaban J connectivity index is 1.38. The number of hydrogen-bond acceptors (Lipinski definition) is 7. The summed E-state index contributed by atoms with van der Waals surface area (Å²) in [6, 6.07) is 24.3. The summed E-state index contributed by atoms with van der Waals surface area (Å²) in [6.07, 6.45) is 1.19. The van der Waals surface area contributed by atoms with Crippen LogP contribution >= 0.6 is 23.1 Å². The van der Waals surface area contributed by atoms with Gasteiger partial charge in [-0.2, -0.15) is 0 Å². The van der Waals surface area contributed by atoms with Crippen LogP contribution in [0.4, 0.5) is 10.8 Å². The molecule has 1 N–H and O–H groups in total.